The first-order chi connectivity index (χ1) is 17.4. The van der Waals surface area contributed by atoms with Gasteiger partial charge in [0.05, 0.1) is 28.1 Å². The minimum absolute atomic E-state index is 0.144. The van der Waals surface area contributed by atoms with Gasteiger partial charge in [0.15, 0.2) is 10.8 Å². The van der Waals surface area contributed by atoms with E-state index in [0.717, 1.165) is 28.3 Å². The number of thiazole rings is 1. The number of hydrogen-bond acceptors (Lipinski definition) is 7. The summed E-state index contributed by atoms with van der Waals surface area (Å²) in [6, 6.07) is 23.6. The number of nitrogens with zero attached hydrogens (tertiary/aromatic N) is 4. The van der Waals surface area contributed by atoms with Gasteiger partial charge in [0.25, 0.3) is 11.5 Å². The molecule has 0 saturated carbocycles. The van der Waals surface area contributed by atoms with Gasteiger partial charge in [-0.1, -0.05) is 48.5 Å². The number of hydrogen-bond donors (Lipinski definition) is 2. The smallest absolute Gasteiger partial charge is 0.280 e. The monoisotopic (exact) mass is 496 g/mol. The third kappa shape index (κ3) is 4.56. The van der Waals surface area contributed by atoms with Crippen molar-refractivity contribution in [1.29, 1.82) is 0 Å². The number of amides is 1. The van der Waals surface area contributed by atoms with Crippen molar-refractivity contribution in [3.8, 4) is 11.3 Å². The van der Waals surface area contributed by atoms with Crippen LogP contribution in [0.5, 0.6) is 0 Å². The molecule has 0 radical (unpaired) electrons. The predicted molar refractivity (Wildman–Crippen MR) is 146 cm³/mol. The van der Waals surface area contributed by atoms with Crippen LogP contribution >= 0.6 is 11.3 Å². The van der Waals surface area contributed by atoms with E-state index in [1.54, 1.807) is 14.1 Å². The summed E-state index contributed by atoms with van der Waals surface area (Å²) in [7, 11) is 5.14. The molecule has 0 bridgehead atoms. The molecule has 0 aliphatic rings. The van der Waals surface area contributed by atoms with E-state index in [4.69, 9.17) is 4.98 Å². The highest BCUT2D eigenvalue weighted by molar-refractivity contribution is 7.14. The molecule has 1 amide bonds. The van der Waals surface area contributed by atoms with Crippen molar-refractivity contribution in [2.24, 2.45) is 0 Å². The van der Waals surface area contributed by atoms with E-state index in [2.05, 4.69) is 15.3 Å². The van der Waals surface area contributed by atoms with E-state index in [9.17, 15) is 9.59 Å². The molecule has 0 saturated heterocycles. The molecule has 0 aliphatic carbocycles. The molecule has 5 aromatic rings. The summed E-state index contributed by atoms with van der Waals surface area (Å²) in [5.41, 5.74) is 4.79. The topological polar surface area (TPSA) is 94.2 Å². The second-order valence-electron chi connectivity index (χ2n) is 8.42. The fourth-order valence-electron chi connectivity index (χ4n) is 3.84. The number of carbonyl (C=O) groups is 1. The molecule has 2 N–H and O–H groups in total. The summed E-state index contributed by atoms with van der Waals surface area (Å²) in [5, 5.41) is 6.14. The van der Waals surface area contributed by atoms with Gasteiger partial charge in [0.2, 0.25) is 0 Å². The highest BCUT2D eigenvalue weighted by Gasteiger charge is 2.19. The van der Waals surface area contributed by atoms with E-state index >= 15 is 0 Å². The second kappa shape index (κ2) is 9.63. The summed E-state index contributed by atoms with van der Waals surface area (Å²) in [4.78, 5) is 40.5. The molecule has 3 aromatic carbocycles. The molecule has 0 fully saturated rings. The number of fused-ring (bicyclic) bond motifs is 1. The first kappa shape index (κ1) is 23.3. The van der Waals surface area contributed by atoms with Crippen LogP contribution in [-0.2, 0) is 0 Å². The zero-order valence-corrected chi connectivity index (χ0v) is 20.8. The molecule has 36 heavy (non-hydrogen) atoms. The Bertz CT molecular complexity index is 1600. The molecule has 0 spiro atoms. The maximum absolute atomic E-state index is 12.6. The standard InChI is InChI=1S/C27H24N6O2S/c1-32(2)26(35)24-25(34)29-19-14-21(30-27-31-22(16-36-27)17-10-6-4-7-11-17)23(15-20(19)28-24)33(3)18-12-8-5-9-13-18/h4-16H,1-3H3,(H,29,34)(H,30,31). The Labute approximate surface area is 211 Å². The lowest BCUT2D eigenvalue weighted by Crippen LogP contribution is -2.30. The van der Waals surface area contributed by atoms with Crippen LogP contribution in [0, 0.1) is 0 Å². The van der Waals surface area contributed by atoms with E-state index < -0.39 is 11.5 Å². The maximum atomic E-state index is 12.6. The first-order valence-corrected chi connectivity index (χ1v) is 12.1. The summed E-state index contributed by atoms with van der Waals surface area (Å²) in [5.74, 6) is -0.449. The van der Waals surface area contributed by atoms with Crippen LogP contribution in [-0.4, -0.2) is 46.9 Å². The first-order valence-electron chi connectivity index (χ1n) is 11.3. The summed E-state index contributed by atoms with van der Waals surface area (Å²) >= 11 is 1.50. The number of nitrogens with one attached hydrogen (secondary N) is 2. The lowest BCUT2D eigenvalue weighted by atomic mass is 10.2. The molecule has 2 aromatic heterocycles. The van der Waals surface area contributed by atoms with Gasteiger partial charge in [-0.2, -0.15) is 0 Å². The highest BCUT2D eigenvalue weighted by atomic mass is 32.1. The number of benzene rings is 3. The molecule has 0 unspecified atom stereocenters. The van der Waals surface area contributed by atoms with Crippen LogP contribution in [0.3, 0.4) is 0 Å². The van der Waals surface area contributed by atoms with Crippen LogP contribution in [0.4, 0.5) is 22.2 Å². The lowest BCUT2D eigenvalue weighted by molar-refractivity contribution is 0.0820. The van der Waals surface area contributed by atoms with Crippen LogP contribution in [0.15, 0.2) is 83.0 Å². The Kier molecular flexibility index (Phi) is 6.22. The third-order valence-corrected chi connectivity index (χ3v) is 6.50. The van der Waals surface area contributed by atoms with Crippen LogP contribution in [0.1, 0.15) is 10.5 Å². The molecule has 0 atom stereocenters. The van der Waals surface area contributed by atoms with Crippen molar-refractivity contribution in [2.45, 2.75) is 0 Å². The number of H-pyrrole nitrogens is 1. The molecule has 8 nitrogen and oxygen atoms in total. The van der Waals surface area contributed by atoms with E-state index in [1.807, 2.05) is 90.1 Å². The summed E-state index contributed by atoms with van der Waals surface area (Å²) in [6.45, 7) is 0. The summed E-state index contributed by atoms with van der Waals surface area (Å²) in [6.07, 6.45) is 0. The van der Waals surface area contributed by atoms with Crippen molar-refractivity contribution >= 4 is 50.5 Å². The van der Waals surface area contributed by atoms with Crippen molar-refractivity contribution in [1.82, 2.24) is 19.9 Å². The molecular formula is C27H24N6O2S. The fraction of sp³-hybridized carbons (Fsp3) is 0.111. The zero-order chi connectivity index (χ0) is 25.2. The Morgan fingerprint density at radius 1 is 0.944 bits per heavy atom. The molecule has 5 rings (SSSR count). The molecule has 180 valence electrons. The van der Waals surface area contributed by atoms with Crippen LogP contribution in [0.2, 0.25) is 0 Å². The summed E-state index contributed by atoms with van der Waals surface area (Å²) < 4.78 is 0. The normalized spacial score (nSPS) is 10.9. The maximum Gasteiger partial charge on any atom is 0.280 e. The fourth-order valence-corrected chi connectivity index (χ4v) is 4.57. The van der Waals surface area contributed by atoms with E-state index in [-0.39, 0.29) is 5.69 Å². The number of rotatable bonds is 6. The van der Waals surface area contributed by atoms with Gasteiger partial charge in [0.1, 0.15) is 0 Å². The largest absolute Gasteiger partial charge is 0.343 e. The Morgan fingerprint density at radius 2 is 1.64 bits per heavy atom. The number of aromatic amines is 1. The molecule has 0 aliphatic heterocycles. The van der Waals surface area contributed by atoms with Crippen molar-refractivity contribution in [3.05, 3.63) is 94.2 Å². The van der Waals surface area contributed by atoms with Crippen LogP contribution in [0.25, 0.3) is 22.3 Å². The van der Waals surface area contributed by atoms with E-state index in [1.165, 1.54) is 16.2 Å². The SMILES string of the molecule is CN(C)C(=O)c1nc2cc(N(C)c3ccccc3)c(Nc3nc(-c4ccccc4)cs3)cc2[nH]c1=O. The number of carbonyl (C=O) groups excluding carboxylic acids is 1. The van der Waals surface area contributed by atoms with Crippen LogP contribution < -0.4 is 15.8 Å². The molecule has 9 heteroatoms. The lowest BCUT2D eigenvalue weighted by Gasteiger charge is -2.23. The highest BCUT2D eigenvalue weighted by Crippen LogP contribution is 2.36. The Hall–Kier alpha value is -4.50. The van der Waals surface area contributed by atoms with Crippen molar-refractivity contribution in [3.63, 3.8) is 0 Å². The second-order valence-corrected chi connectivity index (χ2v) is 9.28. The third-order valence-electron chi connectivity index (χ3n) is 5.74. The minimum Gasteiger partial charge on any atom is -0.343 e. The van der Waals surface area contributed by atoms with E-state index in [0.29, 0.717) is 16.2 Å². The van der Waals surface area contributed by atoms with Gasteiger partial charge in [-0.15, -0.1) is 11.3 Å². The minimum atomic E-state index is -0.531. The average Bonchev–Trinajstić information content (AvgIpc) is 3.37. The molecule has 2 heterocycles. The van der Waals surface area contributed by atoms with Gasteiger partial charge in [-0.05, 0) is 24.3 Å². The predicted octanol–water partition coefficient (Wildman–Crippen LogP) is 5.26. The van der Waals surface area contributed by atoms with Gasteiger partial charge < -0.3 is 20.1 Å². The van der Waals surface area contributed by atoms with Crippen molar-refractivity contribution < 1.29 is 4.79 Å². The zero-order valence-electron chi connectivity index (χ0n) is 20.0. The number of para-hydroxylation sites is 1. The molecular weight excluding hydrogens is 472 g/mol. The van der Waals surface area contributed by atoms with Gasteiger partial charge >= 0.3 is 0 Å². The van der Waals surface area contributed by atoms with Gasteiger partial charge in [0, 0.05) is 37.8 Å². The Morgan fingerprint density at radius 3 is 2.33 bits per heavy atom. The number of anilines is 4. The van der Waals surface area contributed by atoms with Gasteiger partial charge in [-0.25, -0.2) is 9.97 Å². The Balaban J connectivity index is 1.61. The quantitative estimate of drug-likeness (QED) is 0.333. The average molecular weight is 497 g/mol. The van der Waals surface area contributed by atoms with Gasteiger partial charge in [-0.3, -0.25) is 9.59 Å². The number of aromatic nitrogens is 3. The van der Waals surface area contributed by atoms with Crippen molar-refractivity contribution in [2.75, 3.05) is 31.4 Å².